The zero-order chi connectivity index (χ0) is 23.8. The standard InChI is InChI=1S/C21H22N6O5S/c1-15-13-16(2)26(23-15)20-8-3-17(14-22-20)21(28)24-9-11-25(12-10-24)33(31,32)19-6-4-18(5-7-19)27(29)30/h3-8,13-14H,9-12H2,1-2H3. The molecule has 1 aromatic carbocycles. The number of rotatable bonds is 5. The number of sulfonamides is 1. The van der Waals surface area contributed by atoms with Crippen LogP contribution in [0.25, 0.3) is 5.82 Å². The number of nitro benzene ring substituents is 1. The second kappa shape index (κ2) is 8.71. The first-order chi connectivity index (χ1) is 15.7. The summed E-state index contributed by atoms with van der Waals surface area (Å²) in [7, 11) is -3.81. The molecule has 1 saturated heterocycles. The summed E-state index contributed by atoms with van der Waals surface area (Å²) in [6.07, 6.45) is 1.49. The number of amides is 1. The van der Waals surface area contributed by atoms with Crippen LogP contribution < -0.4 is 0 Å². The smallest absolute Gasteiger partial charge is 0.269 e. The lowest BCUT2D eigenvalue weighted by atomic mass is 10.2. The number of piperazine rings is 1. The van der Waals surface area contributed by atoms with Gasteiger partial charge in [0.25, 0.3) is 11.6 Å². The van der Waals surface area contributed by atoms with Gasteiger partial charge in [-0.2, -0.15) is 9.40 Å². The van der Waals surface area contributed by atoms with E-state index >= 15 is 0 Å². The highest BCUT2D eigenvalue weighted by Gasteiger charge is 2.31. The summed E-state index contributed by atoms with van der Waals surface area (Å²) >= 11 is 0. The van der Waals surface area contributed by atoms with Crippen molar-refractivity contribution in [1.82, 2.24) is 24.0 Å². The Kier molecular flexibility index (Phi) is 5.95. The molecule has 11 nitrogen and oxygen atoms in total. The molecule has 3 heterocycles. The van der Waals surface area contributed by atoms with E-state index in [1.807, 2.05) is 19.9 Å². The lowest BCUT2D eigenvalue weighted by molar-refractivity contribution is -0.384. The summed E-state index contributed by atoms with van der Waals surface area (Å²) in [5.41, 5.74) is 2.04. The number of non-ortho nitro benzene ring substituents is 1. The minimum absolute atomic E-state index is 0.0168. The fraction of sp³-hybridized carbons (Fsp3) is 0.286. The van der Waals surface area contributed by atoms with Crippen LogP contribution in [0, 0.1) is 24.0 Å². The van der Waals surface area contributed by atoms with E-state index in [2.05, 4.69) is 10.1 Å². The van der Waals surface area contributed by atoms with Crippen LogP contribution in [0.4, 0.5) is 5.69 Å². The van der Waals surface area contributed by atoms with Crippen LogP contribution in [0.3, 0.4) is 0 Å². The Balaban J connectivity index is 1.41. The molecule has 12 heteroatoms. The van der Waals surface area contributed by atoms with Crippen LogP contribution in [0.15, 0.2) is 53.6 Å². The van der Waals surface area contributed by atoms with E-state index in [9.17, 15) is 23.3 Å². The van der Waals surface area contributed by atoms with Crippen LogP contribution in [0.5, 0.6) is 0 Å². The fourth-order valence-corrected chi connectivity index (χ4v) is 5.12. The number of carbonyl (C=O) groups excluding carboxylic acids is 1. The van der Waals surface area contributed by atoms with Gasteiger partial charge in [-0.15, -0.1) is 0 Å². The predicted octanol–water partition coefficient (Wildman–Crippen LogP) is 1.94. The number of benzene rings is 1. The number of aryl methyl sites for hydroxylation is 2. The first kappa shape index (κ1) is 22.6. The van der Waals surface area contributed by atoms with E-state index in [0.717, 1.165) is 23.5 Å². The fourth-order valence-electron chi connectivity index (χ4n) is 3.70. The van der Waals surface area contributed by atoms with E-state index < -0.39 is 14.9 Å². The zero-order valence-electron chi connectivity index (χ0n) is 18.1. The molecule has 1 aliphatic heterocycles. The quantitative estimate of drug-likeness (QED) is 0.411. The Hall–Kier alpha value is -3.64. The molecule has 3 aromatic rings. The molecule has 0 saturated carbocycles. The second-order valence-corrected chi connectivity index (χ2v) is 9.63. The third kappa shape index (κ3) is 4.47. The molecule has 0 unspecified atom stereocenters. The van der Waals surface area contributed by atoms with E-state index in [1.165, 1.54) is 22.6 Å². The van der Waals surface area contributed by atoms with E-state index in [4.69, 9.17) is 0 Å². The van der Waals surface area contributed by atoms with Crippen molar-refractivity contribution in [2.45, 2.75) is 18.7 Å². The summed E-state index contributed by atoms with van der Waals surface area (Å²) in [5, 5.41) is 15.2. The van der Waals surface area contributed by atoms with Gasteiger partial charge in [-0.3, -0.25) is 14.9 Å². The van der Waals surface area contributed by atoms with Crippen molar-refractivity contribution >= 4 is 21.6 Å². The van der Waals surface area contributed by atoms with Gasteiger partial charge in [0.15, 0.2) is 5.82 Å². The number of hydrogen-bond acceptors (Lipinski definition) is 7. The van der Waals surface area contributed by atoms with Gasteiger partial charge in [-0.05, 0) is 44.2 Å². The van der Waals surface area contributed by atoms with Crippen molar-refractivity contribution in [3.05, 3.63) is 75.7 Å². The van der Waals surface area contributed by atoms with Gasteiger partial charge in [0, 0.05) is 50.2 Å². The van der Waals surface area contributed by atoms with Gasteiger partial charge in [0.1, 0.15) is 0 Å². The first-order valence-corrected chi connectivity index (χ1v) is 11.6. The summed E-state index contributed by atoms with van der Waals surface area (Å²) in [5.74, 6) is 0.381. The molecule has 172 valence electrons. The third-order valence-electron chi connectivity index (χ3n) is 5.43. The molecule has 0 atom stereocenters. The van der Waals surface area contributed by atoms with Crippen molar-refractivity contribution in [2.24, 2.45) is 0 Å². The van der Waals surface area contributed by atoms with Gasteiger partial charge >= 0.3 is 0 Å². The number of nitro groups is 1. The number of nitrogens with zero attached hydrogens (tertiary/aromatic N) is 6. The highest BCUT2D eigenvalue weighted by molar-refractivity contribution is 7.89. The minimum atomic E-state index is -3.81. The molecule has 1 fully saturated rings. The Morgan fingerprint density at radius 2 is 1.70 bits per heavy atom. The van der Waals surface area contributed by atoms with E-state index in [1.54, 1.807) is 21.7 Å². The predicted molar refractivity (Wildman–Crippen MR) is 119 cm³/mol. The van der Waals surface area contributed by atoms with Crippen LogP contribution >= 0.6 is 0 Å². The van der Waals surface area contributed by atoms with Gasteiger partial charge < -0.3 is 4.90 Å². The molecule has 0 aliphatic carbocycles. The Labute approximate surface area is 190 Å². The number of pyridine rings is 1. The average molecular weight is 471 g/mol. The Bertz CT molecular complexity index is 1290. The molecule has 1 amide bonds. The minimum Gasteiger partial charge on any atom is -0.336 e. The highest BCUT2D eigenvalue weighted by atomic mass is 32.2. The molecule has 0 bridgehead atoms. The molecular weight excluding hydrogens is 448 g/mol. The average Bonchev–Trinajstić information content (AvgIpc) is 3.16. The molecule has 2 aromatic heterocycles. The van der Waals surface area contributed by atoms with Gasteiger partial charge in [0.2, 0.25) is 10.0 Å². The van der Waals surface area contributed by atoms with E-state index in [0.29, 0.717) is 11.4 Å². The first-order valence-electron chi connectivity index (χ1n) is 10.2. The maximum Gasteiger partial charge on any atom is 0.269 e. The monoisotopic (exact) mass is 470 g/mol. The Morgan fingerprint density at radius 1 is 1.03 bits per heavy atom. The molecule has 0 N–H and O–H groups in total. The van der Waals surface area contributed by atoms with Gasteiger partial charge in [0.05, 0.1) is 21.1 Å². The van der Waals surface area contributed by atoms with Crippen LogP contribution in [-0.2, 0) is 10.0 Å². The molecule has 33 heavy (non-hydrogen) atoms. The summed E-state index contributed by atoms with van der Waals surface area (Å²) in [6.45, 7) is 4.52. The number of carbonyl (C=O) groups is 1. The van der Waals surface area contributed by atoms with Crippen molar-refractivity contribution in [3.63, 3.8) is 0 Å². The van der Waals surface area contributed by atoms with Gasteiger partial charge in [-0.25, -0.2) is 18.1 Å². The molecule has 0 radical (unpaired) electrons. The van der Waals surface area contributed by atoms with Gasteiger partial charge in [-0.1, -0.05) is 0 Å². The van der Waals surface area contributed by atoms with Crippen LogP contribution in [-0.4, -0.2) is 69.4 Å². The molecule has 4 rings (SSSR count). The Morgan fingerprint density at radius 3 is 2.21 bits per heavy atom. The van der Waals surface area contributed by atoms with Crippen molar-refractivity contribution in [1.29, 1.82) is 0 Å². The van der Waals surface area contributed by atoms with Crippen LogP contribution in [0.1, 0.15) is 21.7 Å². The second-order valence-electron chi connectivity index (χ2n) is 7.69. The van der Waals surface area contributed by atoms with Crippen LogP contribution in [0.2, 0.25) is 0 Å². The molecule has 1 aliphatic rings. The molecular formula is C21H22N6O5S. The van der Waals surface area contributed by atoms with E-state index in [-0.39, 0.29) is 42.7 Å². The maximum absolute atomic E-state index is 12.9. The lowest BCUT2D eigenvalue weighted by Gasteiger charge is -2.34. The third-order valence-corrected chi connectivity index (χ3v) is 7.35. The summed E-state index contributed by atoms with van der Waals surface area (Å²) in [6, 6.07) is 10.1. The zero-order valence-corrected chi connectivity index (χ0v) is 18.9. The number of aromatic nitrogens is 3. The summed E-state index contributed by atoms with van der Waals surface area (Å²) < 4.78 is 28.7. The highest BCUT2D eigenvalue weighted by Crippen LogP contribution is 2.21. The topological polar surface area (TPSA) is 132 Å². The SMILES string of the molecule is Cc1cc(C)n(-c2ccc(C(=O)N3CCN(S(=O)(=O)c4ccc([N+](=O)[O-])cc4)CC3)cn2)n1. The number of hydrogen-bond donors (Lipinski definition) is 0. The van der Waals surface area contributed by atoms with Crippen molar-refractivity contribution in [2.75, 3.05) is 26.2 Å². The maximum atomic E-state index is 12.9. The summed E-state index contributed by atoms with van der Waals surface area (Å²) in [4.78, 5) is 29.0. The normalized spacial score (nSPS) is 14.9. The van der Waals surface area contributed by atoms with Crippen molar-refractivity contribution in [3.8, 4) is 5.82 Å². The van der Waals surface area contributed by atoms with Crippen molar-refractivity contribution < 1.29 is 18.1 Å². The lowest BCUT2D eigenvalue weighted by Crippen LogP contribution is -2.50. The molecule has 0 spiro atoms. The largest absolute Gasteiger partial charge is 0.336 e.